The third kappa shape index (κ3) is 18.5. The second kappa shape index (κ2) is 28.4. The van der Waals surface area contributed by atoms with E-state index in [0.717, 1.165) is 77.4 Å². The zero-order valence-electron chi connectivity index (χ0n) is 38.3. The number of halogens is 1. The Kier molecular flexibility index (Phi) is 21.1. The van der Waals surface area contributed by atoms with E-state index in [1.807, 2.05) is 176 Å². The third-order valence-electron chi connectivity index (χ3n) is 10.4. The Morgan fingerprint density at radius 1 is 0.507 bits per heavy atom. The molecule has 11 heteroatoms. The Morgan fingerprint density at radius 3 is 1.42 bits per heavy atom. The lowest BCUT2D eigenvalue weighted by molar-refractivity contribution is -0.116. The molecule has 2 heterocycles. The number of ether oxygens (including phenoxy) is 6. The van der Waals surface area contributed by atoms with E-state index in [1.165, 1.54) is 5.30 Å². The first kappa shape index (κ1) is 51.4. The van der Waals surface area contributed by atoms with Crippen molar-refractivity contribution in [2.75, 3.05) is 19.7 Å². The highest BCUT2D eigenvalue weighted by molar-refractivity contribution is 7.48. The van der Waals surface area contributed by atoms with Crippen molar-refractivity contribution in [3.05, 3.63) is 216 Å². The zero-order valence-corrected chi connectivity index (χ0v) is 41.0. The Bertz CT molecular complexity index is 2590. The van der Waals surface area contributed by atoms with Gasteiger partial charge in [0.15, 0.2) is 40.9 Å². The molecule has 2 aliphatic heterocycles. The molecule has 0 aromatic heterocycles. The minimum Gasteiger partial charge on any atom is -1.00 e. The number of ketones is 2. The number of allylic oxidation sites excluding steroid dienone is 1. The summed E-state index contributed by atoms with van der Waals surface area (Å²) in [4.78, 5) is 34.8. The average molecular weight is 1010 g/mol. The van der Waals surface area contributed by atoms with Crippen LogP contribution in [0.5, 0.6) is 34.5 Å². The summed E-state index contributed by atoms with van der Waals surface area (Å²) in [5, 5.41) is 1.28. The van der Waals surface area contributed by atoms with Crippen LogP contribution in [0.1, 0.15) is 52.7 Å². The Balaban J connectivity index is 0.000000155. The summed E-state index contributed by atoms with van der Waals surface area (Å²) < 4.78 is 32.6. The molecule has 354 valence electrons. The SMILES string of the molecule is O=C(/C=C/c1ccccc1OC1CC1)Cc1ccc2c(c1)OCO2.O=C(C[PH2+]c1ccccc1)Cc1ccc2c(c1)OCO2.O=Cc1ccccc1OC1CC1.[Br-].c1ccccc1.c1ccccc1. The maximum atomic E-state index is 12.2. The topological polar surface area (TPSA) is 107 Å². The standard InChI is InChI=1S/C20H18O4.C16H15O3P.C10H10O2.2C6H6.BrH/c21-16(11-14-5-10-19-20(12-14)23-13-22-19)7-6-15-3-1-2-4-18(15)24-17-8-9-17;17-13(10-20-14-4-2-1-3-5-14)8-12-6-7-15-16(9-12)19-11-18-15;11-7-8-3-1-2-4-10(8)12-9-5-6-9;2*1-2-4-6-5-3-1;/h1-7,10,12,17H,8-9,11,13H2;1-7,9,20H,8,10-11H2;1-4,7,9H,5-6H2;2*1-6H;1H/b7-6+;;;;;. The van der Waals surface area contributed by atoms with Gasteiger partial charge in [0.2, 0.25) is 13.6 Å². The molecular formula is C58H56BrO9P. The van der Waals surface area contributed by atoms with Gasteiger partial charge >= 0.3 is 0 Å². The van der Waals surface area contributed by atoms with Crippen molar-refractivity contribution < 1.29 is 59.8 Å². The molecule has 0 bridgehead atoms. The second-order valence-electron chi connectivity index (χ2n) is 16.0. The van der Waals surface area contributed by atoms with Gasteiger partial charge in [-0.15, -0.1) is 0 Å². The largest absolute Gasteiger partial charge is 1.00 e. The Morgan fingerprint density at radius 2 is 0.928 bits per heavy atom. The van der Waals surface area contributed by atoms with Crippen molar-refractivity contribution in [1.82, 2.24) is 0 Å². The maximum Gasteiger partial charge on any atom is 0.231 e. The molecule has 0 radical (unpaired) electrons. The third-order valence-corrected chi connectivity index (χ3v) is 11.9. The molecular weight excluding hydrogens is 952 g/mol. The van der Waals surface area contributed by atoms with Gasteiger partial charge < -0.3 is 45.4 Å². The molecule has 9 nitrogen and oxygen atoms in total. The van der Waals surface area contributed by atoms with Gasteiger partial charge in [-0.2, -0.15) is 0 Å². The maximum absolute atomic E-state index is 12.2. The first-order valence-electron chi connectivity index (χ1n) is 22.8. The number of benzene rings is 7. The van der Waals surface area contributed by atoms with Gasteiger partial charge in [0.1, 0.15) is 17.7 Å². The van der Waals surface area contributed by atoms with Crippen molar-refractivity contribution >= 4 is 37.8 Å². The number of para-hydroxylation sites is 2. The van der Waals surface area contributed by atoms with E-state index in [4.69, 9.17) is 28.4 Å². The van der Waals surface area contributed by atoms with Crippen molar-refractivity contribution in [3.63, 3.8) is 0 Å². The van der Waals surface area contributed by atoms with E-state index in [1.54, 1.807) is 12.1 Å². The summed E-state index contributed by atoms with van der Waals surface area (Å²) >= 11 is 0. The molecule has 2 aliphatic carbocycles. The molecule has 0 saturated heterocycles. The molecule has 0 amide bonds. The van der Waals surface area contributed by atoms with Gasteiger partial charge in [0.05, 0.1) is 23.1 Å². The van der Waals surface area contributed by atoms with Crippen LogP contribution < -0.4 is 50.7 Å². The number of carbonyl (C=O) groups excluding carboxylic acids is 3. The van der Waals surface area contributed by atoms with E-state index < -0.39 is 0 Å². The van der Waals surface area contributed by atoms with Gasteiger partial charge in [0.25, 0.3) is 0 Å². The Labute approximate surface area is 417 Å². The predicted octanol–water partition coefficient (Wildman–Crippen LogP) is 8.46. The molecule has 1 unspecified atom stereocenters. The molecule has 4 aliphatic rings. The van der Waals surface area contributed by atoms with Crippen LogP contribution in [0.3, 0.4) is 0 Å². The van der Waals surface area contributed by atoms with Gasteiger partial charge in [-0.1, -0.05) is 133 Å². The molecule has 0 spiro atoms. The summed E-state index contributed by atoms with van der Waals surface area (Å²) in [6.07, 6.45) is 10.9. The smallest absolute Gasteiger partial charge is 0.231 e. The normalized spacial score (nSPS) is 13.3. The van der Waals surface area contributed by atoms with Gasteiger partial charge in [-0.3, -0.25) is 14.4 Å². The van der Waals surface area contributed by atoms with Crippen LogP contribution in [-0.4, -0.2) is 49.8 Å². The van der Waals surface area contributed by atoms with Gasteiger partial charge in [-0.05, 0) is 104 Å². The molecule has 7 aromatic carbocycles. The van der Waals surface area contributed by atoms with Crippen LogP contribution in [0.25, 0.3) is 6.08 Å². The van der Waals surface area contributed by atoms with E-state index in [-0.39, 0.29) is 50.7 Å². The van der Waals surface area contributed by atoms with Crippen LogP contribution in [-0.2, 0) is 22.4 Å². The van der Waals surface area contributed by atoms with Crippen LogP contribution in [0, 0.1) is 0 Å². The van der Waals surface area contributed by atoms with Crippen LogP contribution >= 0.6 is 8.58 Å². The summed E-state index contributed by atoms with van der Waals surface area (Å²) in [6.45, 7) is 0.509. The minimum absolute atomic E-state index is 0. The Hall–Kier alpha value is -7.00. The molecule has 11 rings (SSSR count). The van der Waals surface area contributed by atoms with Crippen molar-refractivity contribution in [3.8, 4) is 34.5 Å². The fourth-order valence-corrected chi connectivity index (χ4v) is 7.68. The summed E-state index contributed by atoms with van der Waals surface area (Å²) in [5.74, 6) is 4.81. The molecule has 7 aromatic rings. The van der Waals surface area contributed by atoms with E-state index in [2.05, 4.69) is 12.1 Å². The second-order valence-corrected chi connectivity index (χ2v) is 17.5. The lowest BCUT2D eigenvalue weighted by Gasteiger charge is -2.07. The number of hydrogen-bond acceptors (Lipinski definition) is 9. The first-order valence-corrected chi connectivity index (χ1v) is 24.2. The molecule has 2 saturated carbocycles. The number of fused-ring (bicyclic) bond motifs is 2. The van der Waals surface area contributed by atoms with E-state index in [9.17, 15) is 14.4 Å². The predicted molar refractivity (Wildman–Crippen MR) is 271 cm³/mol. The number of carbonyl (C=O) groups is 3. The molecule has 0 N–H and O–H groups in total. The van der Waals surface area contributed by atoms with Gasteiger partial charge in [0, 0.05) is 27.0 Å². The van der Waals surface area contributed by atoms with E-state index >= 15 is 0 Å². The lowest BCUT2D eigenvalue weighted by atomic mass is 10.1. The number of Topliss-reactive ketones (excluding diaryl/α,β-unsaturated/α-hetero) is 1. The van der Waals surface area contributed by atoms with E-state index in [0.29, 0.717) is 42.5 Å². The van der Waals surface area contributed by atoms with Crippen molar-refractivity contribution in [1.29, 1.82) is 0 Å². The monoisotopic (exact) mass is 1010 g/mol. The highest BCUT2D eigenvalue weighted by Crippen LogP contribution is 2.34. The number of rotatable bonds is 14. The summed E-state index contributed by atoms with van der Waals surface area (Å²) in [7, 11) is 0.0240. The highest BCUT2D eigenvalue weighted by atomic mass is 79.9. The van der Waals surface area contributed by atoms with Crippen LogP contribution in [0.4, 0.5) is 0 Å². The first-order chi connectivity index (χ1) is 33.5. The number of aldehydes is 1. The average Bonchev–Trinajstić information content (AvgIpc) is 4.30. The molecule has 69 heavy (non-hydrogen) atoms. The minimum atomic E-state index is 0. The van der Waals surface area contributed by atoms with Gasteiger partial charge in [-0.25, -0.2) is 0 Å². The lowest BCUT2D eigenvalue weighted by Crippen LogP contribution is -3.00. The summed E-state index contributed by atoms with van der Waals surface area (Å²) in [5.41, 5.74) is 3.48. The van der Waals surface area contributed by atoms with Crippen molar-refractivity contribution in [2.45, 2.75) is 50.7 Å². The fourth-order valence-electron chi connectivity index (χ4n) is 6.58. The quantitative estimate of drug-likeness (QED) is 0.0603. The van der Waals surface area contributed by atoms with Crippen LogP contribution in [0.15, 0.2) is 194 Å². The van der Waals surface area contributed by atoms with Crippen LogP contribution in [0.2, 0.25) is 0 Å². The van der Waals surface area contributed by atoms with Crippen molar-refractivity contribution in [2.24, 2.45) is 0 Å². The molecule has 1 atom stereocenters. The zero-order chi connectivity index (χ0) is 47.0. The fraction of sp³-hybridized carbons (Fsp3) is 0.190. The molecule has 2 fully saturated rings. The summed E-state index contributed by atoms with van der Waals surface area (Å²) in [6, 6.07) is 60.6. The number of hydrogen-bond donors (Lipinski definition) is 0. The highest BCUT2D eigenvalue weighted by Gasteiger charge is 2.25.